The molecule has 5 rings (SSSR count). The maximum absolute atomic E-state index is 14.9. The molecule has 4 aliphatic rings. The van der Waals surface area contributed by atoms with Gasteiger partial charge in [0.25, 0.3) is 0 Å². The summed E-state index contributed by atoms with van der Waals surface area (Å²) in [5, 5.41) is 7.85. The summed E-state index contributed by atoms with van der Waals surface area (Å²) in [4.78, 5) is 185. The number of likely N-dealkylation sites (N-methyl/N-ethyl adjacent to an activating group) is 6. The molecule has 0 unspecified atom stereocenters. The van der Waals surface area contributed by atoms with Crippen molar-refractivity contribution in [3.8, 4) is 0 Å². The number of rotatable bonds is 11. The van der Waals surface area contributed by atoms with E-state index in [-0.39, 0.29) is 77.1 Å². The molecule has 4 saturated heterocycles. The van der Waals surface area contributed by atoms with E-state index in [2.05, 4.69) is 16.0 Å². The summed E-state index contributed by atoms with van der Waals surface area (Å²) >= 11 is 6.06. The van der Waals surface area contributed by atoms with Crippen LogP contribution in [0, 0.1) is 17.8 Å². The zero-order chi connectivity index (χ0) is 71.1. The van der Waals surface area contributed by atoms with E-state index < -0.39 is 167 Å². The third-order valence-electron chi connectivity index (χ3n) is 19.2. The number of carbonyl (C=O) groups is 12. The van der Waals surface area contributed by atoms with Crippen molar-refractivity contribution in [2.75, 3.05) is 95.3 Å². The second kappa shape index (κ2) is 35.2. The van der Waals surface area contributed by atoms with Crippen LogP contribution in [-0.2, 0) is 74.9 Å². The van der Waals surface area contributed by atoms with Crippen molar-refractivity contribution in [3.63, 3.8) is 0 Å². The predicted molar refractivity (Wildman–Crippen MR) is 347 cm³/mol. The van der Waals surface area contributed by atoms with Gasteiger partial charge in [0.2, 0.25) is 70.9 Å². The van der Waals surface area contributed by atoms with Gasteiger partial charge in [-0.3, -0.25) is 57.5 Å². The largest absolute Gasteiger partial charge is 0.417 e. The zero-order valence-corrected chi connectivity index (χ0v) is 58.6. The molecular formula is C66H102ClF3N12O13. The minimum Gasteiger partial charge on any atom is -0.382 e. The van der Waals surface area contributed by atoms with Gasteiger partial charge in [-0.2, -0.15) is 13.2 Å². The molecule has 0 saturated carbocycles. The van der Waals surface area contributed by atoms with Crippen LogP contribution in [-0.4, -0.2) is 265 Å². The van der Waals surface area contributed by atoms with Gasteiger partial charge in [0.15, 0.2) is 0 Å². The van der Waals surface area contributed by atoms with Crippen molar-refractivity contribution in [1.82, 2.24) is 60.0 Å². The Labute approximate surface area is 562 Å². The Bertz CT molecular complexity index is 2930. The van der Waals surface area contributed by atoms with Gasteiger partial charge in [-0.25, -0.2) is 0 Å². The molecule has 0 spiro atoms. The molecule has 4 fully saturated rings. The van der Waals surface area contributed by atoms with Crippen LogP contribution in [0.2, 0.25) is 5.02 Å². The van der Waals surface area contributed by atoms with Gasteiger partial charge in [0, 0.05) is 88.5 Å². The highest BCUT2D eigenvalue weighted by Crippen LogP contribution is 2.36. The summed E-state index contributed by atoms with van der Waals surface area (Å²) in [6.07, 6.45) is -1.36. The fraction of sp³-hybridized carbons (Fsp3) is 0.727. The normalized spacial score (nSPS) is 26.6. The first kappa shape index (κ1) is 78.6. The van der Waals surface area contributed by atoms with Crippen LogP contribution in [0.1, 0.15) is 143 Å². The van der Waals surface area contributed by atoms with Crippen LogP contribution in [0.4, 0.5) is 13.2 Å². The Balaban J connectivity index is 1.51. The molecule has 0 aromatic heterocycles. The van der Waals surface area contributed by atoms with Crippen molar-refractivity contribution in [2.24, 2.45) is 17.8 Å². The van der Waals surface area contributed by atoms with Gasteiger partial charge in [-0.1, -0.05) is 65.6 Å². The van der Waals surface area contributed by atoms with Crippen molar-refractivity contribution in [3.05, 3.63) is 34.3 Å². The number of ether oxygens (including phenoxy) is 1. The van der Waals surface area contributed by atoms with E-state index in [4.69, 9.17) is 16.3 Å². The summed E-state index contributed by atoms with van der Waals surface area (Å²) in [5.74, 6) is -8.64. The van der Waals surface area contributed by atoms with Gasteiger partial charge in [-0.15, -0.1) is 0 Å². The molecule has 0 aliphatic carbocycles. The topological polar surface area (TPSA) is 279 Å². The highest BCUT2D eigenvalue weighted by Gasteiger charge is 2.47. The lowest BCUT2D eigenvalue weighted by Crippen LogP contribution is -2.65. The molecule has 3 N–H and O–H groups in total. The number of fused-ring (bicyclic) bond motifs is 2. The van der Waals surface area contributed by atoms with Gasteiger partial charge in [0.1, 0.15) is 54.4 Å². The summed E-state index contributed by atoms with van der Waals surface area (Å²) in [6, 6.07) is -7.72. The lowest BCUT2D eigenvalue weighted by Gasteiger charge is -2.45. The van der Waals surface area contributed by atoms with E-state index in [0.29, 0.717) is 50.8 Å². The van der Waals surface area contributed by atoms with Gasteiger partial charge in [-0.05, 0) is 113 Å². The Hall–Kier alpha value is -7.10. The average Bonchev–Trinajstić information content (AvgIpc) is 1.14. The molecule has 25 nitrogen and oxygen atoms in total. The van der Waals surface area contributed by atoms with Crippen LogP contribution in [0.5, 0.6) is 0 Å². The second-order valence-electron chi connectivity index (χ2n) is 26.8. The zero-order valence-electron chi connectivity index (χ0n) is 57.9. The number of carbonyl (C=O) groups excluding carboxylic acids is 12. The predicted octanol–water partition coefficient (Wildman–Crippen LogP) is 3.56. The first-order valence-electron chi connectivity index (χ1n) is 33.3. The van der Waals surface area contributed by atoms with Crippen LogP contribution in [0.25, 0.3) is 0 Å². The highest BCUT2D eigenvalue weighted by molar-refractivity contribution is 6.31. The molecule has 1 aromatic carbocycles. The number of likely N-dealkylation sites (tertiary alicyclic amines) is 1. The summed E-state index contributed by atoms with van der Waals surface area (Å²) in [7, 11) is 9.68. The van der Waals surface area contributed by atoms with E-state index in [9.17, 15) is 70.7 Å². The molecule has 1 aromatic rings. The monoisotopic (exact) mass is 1360 g/mol. The van der Waals surface area contributed by atoms with E-state index in [0.717, 1.165) is 28.4 Å². The summed E-state index contributed by atoms with van der Waals surface area (Å²) in [5.41, 5.74) is -0.764. The molecule has 4 aliphatic heterocycles. The van der Waals surface area contributed by atoms with E-state index in [1.165, 1.54) is 91.8 Å². The van der Waals surface area contributed by atoms with Gasteiger partial charge < -0.3 is 64.8 Å². The molecule has 4 heterocycles. The maximum atomic E-state index is 14.9. The number of hydrogen-bond acceptors (Lipinski definition) is 13. The van der Waals surface area contributed by atoms with Crippen LogP contribution in [0.3, 0.4) is 0 Å². The van der Waals surface area contributed by atoms with Crippen molar-refractivity contribution >= 4 is 82.5 Å². The van der Waals surface area contributed by atoms with Crippen LogP contribution in [0.15, 0.2) is 18.2 Å². The van der Waals surface area contributed by atoms with Crippen LogP contribution >= 0.6 is 11.6 Å². The van der Waals surface area contributed by atoms with Crippen molar-refractivity contribution < 1.29 is 75.4 Å². The third kappa shape index (κ3) is 20.0. The minimum absolute atomic E-state index is 0.0521. The maximum Gasteiger partial charge on any atom is 0.417 e. The molecule has 12 amide bonds. The fourth-order valence-electron chi connectivity index (χ4n) is 12.8. The molecule has 10 atom stereocenters. The number of piperidine rings is 1. The second-order valence-corrected chi connectivity index (χ2v) is 27.2. The lowest BCUT2D eigenvalue weighted by atomic mass is 9.95. The fourth-order valence-corrected chi connectivity index (χ4v) is 13.1. The highest BCUT2D eigenvalue weighted by atomic mass is 35.5. The van der Waals surface area contributed by atoms with E-state index in [1.54, 1.807) is 25.7 Å². The minimum atomic E-state index is -4.74. The number of halogens is 4. The third-order valence-corrected chi connectivity index (χ3v) is 19.5. The SMILES string of the molecule is CC[C@H](C)[C@@H]1NC(=O)[C@H](CC(C)C)N(C)C(=O)C[C@@H](C(=O)N2CCCCC2)N(C)C(=O)[C@H](C(C)C)N(C)C(=O)CCCCNC(=O)[C@@H]2CCCN2C(=O)[C@H](CCc2ccc(C(F)(F)F)c(Cl)c2)NC(=O)CN(C)C(=O)[C@H](COC)N(C)C(=O)[C@@H]2CCN2C(=O)[C@H](C)N(C)C1=O. The number of hydrogen-bond donors (Lipinski definition) is 3. The molecule has 0 radical (unpaired) electrons. The standard InChI is InChI=1S/C66H102ClF3N12O13/c1-15-41(6)55-64(93)75(9)42(7)59(88)82-33-28-48(82)62(91)78(12)51(38-95-14)61(90)74(8)37-52(83)72-46(27-25-43-24-26-44(45(67)35-43)66(68,69)70)60(89)81-32-21-22-47(81)57(86)71-29-18-17-23-53(84)79(13)56(40(4)5)65(94)77(11)50(63(92)80-30-19-16-20-31-80)36-54(85)76(10)49(34-39(2)3)58(87)73-55/h24,26,35,39-42,46-51,55-56H,15-23,25,27-34,36-38H2,1-14H3,(H,71,86)(H,72,83)(H,73,87)/t41-,42-,46-,47-,48-,49-,50-,51-,55-,56-/m0/s1. The quantitative estimate of drug-likeness (QED) is 0.286. The summed E-state index contributed by atoms with van der Waals surface area (Å²) in [6.45, 7) is 12.3. The van der Waals surface area contributed by atoms with Gasteiger partial charge in [0.05, 0.1) is 30.2 Å². The number of benzene rings is 1. The molecule has 29 heteroatoms. The lowest BCUT2D eigenvalue weighted by molar-refractivity contribution is -0.160. The Morgan fingerprint density at radius 1 is 0.674 bits per heavy atom. The smallest absolute Gasteiger partial charge is 0.382 e. The van der Waals surface area contributed by atoms with Crippen LogP contribution < -0.4 is 16.0 Å². The number of nitrogens with zero attached hydrogens (tertiary/aromatic N) is 9. The number of methoxy groups -OCH3 is 1. The number of alkyl halides is 3. The number of nitrogens with one attached hydrogen (secondary N) is 3. The molecule has 532 valence electrons. The van der Waals surface area contributed by atoms with E-state index >= 15 is 0 Å². The molecule has 0 bridgehead atoms. The Kier molecular flexibility index (Phi) is 29.2. The average molecular weight is 1360 g/mol. The first-order valence-corrected chi connectivity index (χ1v) is 33.6. The Morgan fingerprint density at radius 3 is 1.91 bits per heavy atom. The summed E-state index contributed by atoms with van der Waals surface area (Å²) < 4.78 is 46.4. The van der Waals surface area contributed by atoms with Crippen molar-refractivity contribution in [2.45, 2.75) is 199 Å². The number of amides is 12. The van der Waals surface area contributed by atoms with Crippen molar-refractivity contribution in [1.29, 1.82) is 0 Å². The Morgan fingerprint density at radius 2 is 1.33 bits per heavy atom. The molecule has 95 heavy (non-hydrogen) atoms. The first-order chi connectivity index (χ1) is 44.6. The molecular weight excluding hydrogens is 1260 g/mol. The van der Waals surface area contributed by atoms with Gasteiger partial charge >= 0.3 is 6.18 Å². The number of aryl methyl sites for hydroxylation is 1. The van der Waals surface area contributed by atoms with E-state index in [1.807, 2.05) is 20.8 Å².